The van der Waals surface area contributed by atoms with Crippen LogP contribution in [0.15, 0.2) is 18.2 Å². The van der Waals surface area contributed by atoms with Crippen LogP contribution in [0.3, 0.4) is 0 Å². The largest absolute Gasteiger partial charge is 0.370 e. The van der Waals surface area contributed by atoms with Gasteiger partial charge in [-0.1, -0.05) is 6.42 Å². The Hall–Kier alpha value is -2.73. The van der Waals surface area contributed by atoms with Gasteiger partial charge < -0.3 is 20.7 Å². The van der Waals surface area contributed by atoms with Crippen molar-refractivity contribution < 1.29 is 36.7 Å². The summed E-state index contributed by atoms with van der Waals surface area (Å²) in [7, 11) is 0. The Bertz CT molecular complexity index is 866. The van der Waals surface area contributed by atoms with Crippen molar-refractivity contribution in [1.29, 1.82) is 0 Å². The molecule has 1 saturated heterocycles. The summed E-state index contributed by atoms with van der Waals surface area (Å²) < 4.78 is 58.6. The number of hydrogen-bond acceptors (Lipinski definition) is 5. The summed E-state index contributed by atoms with van der Waals surface area (Å²) in [5.74, 6) is -2.61. The van der Waals surface area contributed by atoms with Crippen LogP contribution in [0.5, 0.6) is 0 Å². The van der Waals surface area contributed by atoms with Gasteiger partial charge in [-0.15, -0.1) is 0 Å². The molecule has 8 nitrogen and oxygen atoms in total. The van der Waals surface area contributed by atoms with Crippen molar-refractivity contribution in [2.45, 2.75) is 44.2 Å². The first kappa shape index (κ1) is 23.9. The van der Waals surface area contributed by atoms with E-state index in [0.717, 1.165) is 17.4 Å². The van der Waals surface area contributed by atoms with E-state index in [9.17, 15) is 31.9 Å². The number of hydrogen-bond donors (Lipinski definition) is 2. The number of amides is 3. The van der Waals surface area contributed by atoms with E-state index in [0.29, 0.717) is 12.8 Å². The van der Waals surface area contributed by atoms with Crippen molar-refractivity contribution in [2.24, 2.45) is 5.73 Å². The van der Waals surface area contributed by atoms with E-state index in [2.05, 4.69) is 5.32 Å². The van der Waals surface area contributed by atoms with E-state index in [4.69, 9.17) is 10.5 Å². The average Bonchev–Trinajstić information content (AvgIpc) is 2.66. The van der Waals surface area contributed by atoms with Crippen molar-refractivity contribution >= 4 is 29.1 Å². The van der Waals surface area contributed by atoms with Crippen molar-refractivity contribution in [3.05, 3.63) is 23.8 Å². The molecule has 2 aliphatic rings. The Labute approximate surface area is 181 Å². The van der Waals surface area contributed by atoms with E-state index >= 15 is 0 Å². The topological polar surface area (TPSA) is 105 Å². The van der Waals surface area contributed by atoms with E-state index < -0.39 is 54.8 Å². The lowest BCUT2D eigenvalue weighted by Gasteiger charge is -2.40. The highest BCUT2D eigenvalue weighted by atomic mass is 19.3. The summed E-state index contributed by atoms with van der Waals surface area (Å²) in [5.41, 5.74) is 4.65. The highest BCUT2D eigenvalue weighted by Gasteiger charge is 2.39. The molecular weight excluding hydrogens is 436 g/mol. The lowest BCUT2D eigenvalue weighted by atomic mass is 9.90. The number of ether oxygens (including phenoxy) is 1. The van der Waals surface area contributed by atoms with Gasteiger partial charge in [-0.05, 0) is 31.0 Å². The van der Waals surface area contributed by atoms with Gasteiger partial charge in [0.05, 0.1) is 13.2 Å². The maximum atomic E-state index is 13.7. The number of nitrogens with zero attached hydrogens (tertiary/aromatic N) is 2. The van der Waals surface area contributed by atoms with Crippen LogP contribution >= 0.6 is 0 Å². The minimum absolute atomic E-state index is 0.177. The number of alkyl halides is 4. The van der Waals surface area contributed by atoms with Crippen LogP contribution < -0.4 is 16.0 Å². The number of nitrogens with one attached hydrogen (secondary N) is 1. The Kier molecular flexibility index (Phi) is 7.67. The lowest BCUT2D eigenvalue weighted by Crippen LogP contribution is -2.58. The Morgan fingerprint density at radius 1 is 1.25 bits per heavy atom. The quantitative estimate of drug-likeness (QED) is 0.433. The third-order valence-corrected chi connectivity index (χ3v) is 5.57. The molecule has 1 aliphatic heterocycles. The molecule has 1 aromatic carbocycles. The summed E-state index contributed by atoms with van der Waals surface area (Å²) in [6, 6.07) is 1.45. The second kappa shape index (κ2) is 10.3. The number of halogens is 4. The number of rotatable bonds is 9. The normalized spacial score (nSPS) is 18.2. The van der Waals surface area contributed by atoms with Crippen LogP contribution in [-0.4, -0.2) is 67.4 Å². The Morgan fingerprint density at radius 3 is 2.50 bits per heavy atom. The number of primary amides is 1. The van der Waals surface area contributed by atoms with Gasteiger partial charge in [-0.25, -0.2) is 17.6 Å². The molecule has 1 heterocycles. The fourth-order valence-electron chi connectivity index (χ4n) is 3.79. The van der Waals surface area contributed by atoms with E-state index in [1.165, 1.54) is 17.0 Å². The van der Waals surface area contributed by atoms with Crippen molar-refractivity contribution in [2.75, 3.05) is 36.5 Å². The first-order valence-electron chi connectivity index (χ1n) is 10.1. The van der Waals surface area contributed by atoms with Gasteiger partial charge in [0.25, 0.3) is 24.7 Å². The maximum Gasteiger partial charge on any atom is 0.265 e. The summed E-state index contributed by atoms with van der Waals surface area (Å²) in [4.78, 5) is 39.1. The SMILES string of the molecule is NC(=O)[C@H](C(=O)Nc1ccc(N2CCOCC2=O)cc1C(F)F)N(CC(F)F)C1CCC1. The van der Waals surface area contributed by atoms with Gasteiger partial charge in [-0.2, -0.15) is 0 Å². The minimum atomic E-state index is -3.02. The van der Waals surface area contributed by atoms with E-state index in [1.807, 2.05) is 0 Å². The van der Waals surface area contributed by atoms with E-state index in [1.54, 1.807) is 0 Å². The van der Waals surface area contributed by atoms with Gasteiger partial charge in [0.1, 0.15) is 6.61 Å². The zero-order valence-corrected chi connectivity index (χ0v) is 17.1. The van der Waals surface area contributed by atoms with Gasteiger partial charge >= 0.3 is 0 Å². The molecular formula is C20H24F4N4O4. The van der Waals surface area contributed by atoms with Gasteiger partial charge in [0.2, 0.25) is 5.91 Å². The first-order chi connectivity index (χ1) is 15.2. The third-order valence-electron chi connectivity index (χ3n) is 5.57. The lowest BCUT2D eigenvalue weighted by molar-refractivity contribution is -0.136. The Morgan fingerprint density at radius 2 is 1.97 bits per heavy atom. The average molecular weight is 460 g/mol. The molecule has 0 unspecified atom stereocenters. The number of benzene rings is 1. The second-order valence-electron chi connectivity index (χ2n) is 7.64. The van der Waals surface area contributed by atoms with Crippen LogP contribution in [0.4, 0.5) is 28.9 Å². The smallest absolute Gasteiger partial charge is 0.265 e. The fourth-order valence-corrected chi connectivity index (χ4v) is 3.79. The molecule has 12 heteroatoms. The van der Waals surface area contributed by atoms with Crippen molar-refractivity contribution in [1.82, 2.24) is 4.90 Å². The molecule has 2 fully saturated rings. The molecule has 1 aromatic rings. The molecule has 1 aliphatic carbocycles. The third kappa shape index (κ3) is 5.36. The molecule has 0 aromatic heterocycles. The van der Waals surface area contributed by atoms with Crippen LogP contribution in [0.2, 0.25) is 0 Å². The molecule has 1 saturated carbocycles. The van der Waals surface area contributed by atoms with Crippen LogP contribution in [-0.2, 0) is 19.1 Å². The molecule has 3 amide bonds. The predicted octanol–water partition coefficient (Wildman–Crippen LogP) is 1.90. The molecule has 176 valence electrons. The zero-order chi connectivity index (χ0) is 23.4. The number of carbonyl (C=O) groups is 3. The van der Waals surface area contributed by atoms with Crippen molar-refractivity contribution in [3.8, 4) is 0 Å². The predicted molar refractivity (Wildman–Crippen MR) is 107 cm³/mol. The van der Waals surface area contributed by atoms with Gasteiger partial charge in [0, 0.05) is 29.5 Å². The van der Waals surface area contributed by atoms with Gasteiger partial charge in [-0.3, -0.25) is 19.3 Å². The molecule has 0 radical (unpaired) electrons. The summed E-state index contributed by atoms with van der Waals surface area (Å²) in [5, 5.41) is 2.24. The van der Waals surface area contributed by atoms with Crippen LogP contribution in [0, 0.1) is 0 Å². The molecule has 1 atom stereocenters. The first-order valence-corrected chi connectivity index (χ1v) is 10.1. The second-order valence-corrected chi connectivity index (χ2v) is 7.64. The summed E-state index contributed by atoms with van der Waals surface area (Å²) in [6.07, 6.45) is -4.03. The standard InChI is InChI=1S/C20H24F4N4O4/c21-15(22)9-28(11-2-1-3-11)17(19(25)30)20(31)26-14-5-4-12(8-13(14)18(23)24)27-6-7-32-10-16(27)29/h4-5,8,11,15,17-18H,1-3,6-7,9-10H2,(H2,25,30)(H,26,31)/t17-/m1/s1. The van der Waals surface area contributed by atoms with Gasteiger partial charge in [0.15, 0.2) is 6.04 Å². The summed E-state index contributed by atoms with van der Waals surface area (Å²) in [6.45, 7) is -0.591. The number of morpholine rings is 1. The molecule has 0 bridgehead atoms. The number of carbonyl (C=O) groups excluding carboxylic acids is 3. The van der Waals surface area contributed by atoms with E-state index in [-0.39, 0.29) is 31.1 Å². The highest BCUT2D eigenvalue weighted by molar-refractivity contribution is 6.10. The number of anilines is 2. The molecule has 3 rings (SSSR count). The minimum Gasteiger partial charge on any atom is -0.370 e. The molecule has 0 spiro atoms. The zero-order valence-electron chi connectivity index (χ0n) is 17.1. The summed E-state index contributed by atoms with van der Waals surface area (Å²) >= 11 is 0. The molecule has 32 heavy (non-hydrogen) atoms. The highest BCUT2D eigenvalue weighted by Crippen LogP contribution is 2.33. The van der Waals surface area contributed by atoms with Crippen LogP contribution in [0.1, 0.15) is 31.3 Å². The Balaban J connectivity index is 1.85. The van der Waals surface area contributed by atoms with Crippen LogP contribution in [0.25, 0.3) is 0 Å². The van der Waals surface area contributed by atoms with Crippen molar-refractivity contribution in [3.63, 3.8) is 0 Å². The molecule has 3 N–H and O–H groups in total. The maximum absolute atomic E-state index is 13.7. The monoisotopic (exact) mass is 460 g/mol. The fraction of sp³-hybridized carbons (Fsp3) is 0.550. The number of nitrogens with two attached hydrogens (primary N) is 1.